The Morgan fingerprint density at radius 2 is 1.56 bits per heavy atom. The predicted molar refractivity (Wildman–Crippen MR) is 74.7 cm³/mol. The molecule has 2 aromatic heterocycles. The zero-order valence-electron chi connectivity index (χ0n) is 12.1. The highest BCUT2D eigenvalue weighted by Gasteiger charge is 2.24. The molecule has 0 amide bonds. The highest BCUT2D eigenvalue weighted by atomic mass is 14.9. The van der Waals surface area contributed by atoms with Gasteiger partial charge in [0.25, 0.3) is 0 Å². The van der Waals surface area contributed by atoms with Crippen LogP contribution in [0.15, 0.2) is 18.5 Å². The van der Waals surface area contributed by atoms with Crippen LogP contribution in [0.4, 0.5) is 0 Å². The second-order valence-electron chi connectivity index (χ2n) is 6.79. The third-order valence-electron chi connectivity index (χ3n) is 2.88. The predicted octanol–water partition coefficient (Wildman–Crippen LogP) is 3.62. The summed E-state index contributed by atoms with van der Waals surface area (Å²) in [6.07, 6.45) is 3.65. The van der Waals surface area contributed by atoms with E-state index < -0.39 is 0 Å². The Kier molecular flexibility index (Phi) is 2.88. The molecular weight excluding hydrogens is 222 g/mol. The lowest BCUT2D eigenvalue weighted by Gasteiger charge is -2.24. The largest absolute Gasteiger partial charge is 0.264 e. The third kappa shape index (κ3) is 2.35. The van der Waals surface area contributed by atoms with E-state index in [-0.39, 0.29) is 10.8 Å². The second-order valence-corrected chi connectivity index (χ2v) is 6.79. The number of fused-ring (bicyclic) bond motifs is 1. The van der Waals surface area contributed by atoms with Gasteiger partial charge in [-0.2, -0.15) is 0 Å². The molecule has 0 fully saturated rings. The molecule has 0 bridgehead atoms. The van der Waals surface area contributed by atoms with Crippen LogP contribution in [-0.2, 0) is 10.8 Å². The van der Waals surface area contributed by atoms with Crippen molar-refractivity contribution in [2.24, 2.45) is 0 Å². The minimum Gasteiger partial charge on any atom is -0.264 e. The third-order valence-corrected chi connectivity index (χ3v) is 2.88. The van der Waals surface area contributed by atoms with E-state index in [2.05, 4.69) is 51.5 Å². The van der Waals surface area contributed by atoms with E-state index in [1.54, 1.807) is 6.20 Å². The summed E-state index contributed by atoms with van der Waals surface area (Å²) in [7, 11) is 0. The summed E-state index contributed by atoms with van der Waals surface area (Å²) in [5, 5.41) is 1.05. The molecule has 3 nitrogen and oxygen atoms in total. The maximum absolute atomic E-state index is 4.79. The van der Waals surface area contributed by atoms with Crippen molar-refractivity contribution in [3.05, 3.63) is 30.0 Å². The van der Waals surface area contributed by atoms with Crippen LogP contribution in [0.3, 0.4) is 0 Å². The smallest absolute Gasteiger partial charge is 0.134 e. The molecule has 2 rings (SSSR count). The minimum absolute atomic E-state index is 0.00970. The fraction of sp³-hybridized carbons (Fsp3) is 0.533. The Hall–Kier alpha value is -1.51. The molecule has 0 spiro atoms. The van der Waals surface area contributed by atoms with Crippen LogP contribution < -0.4 is 0 Å². The fourth-order valence-electron chi connectivity index (χ4n) is 1.88. The van der Waals surface area contributed by atoms with E-state index in [1.165, 1.54) is 0 Å². The molecule has 0 N–H and O–H groups in total. The summed E-state index contributed by atoms with van der Waals surface area (Å²) < 4.78 is 0. The number of rotatable bonds is 0. The van der Waals surface area contributed by atoms with Gasteiger partial charge in [-0.15, -0.1) is 0 Å². The van der Waals surface area contributed by atoms with Gasteiger partial charge in [0.05, 0.1) is 11.2 Å². The van der Waals surface area contributed by atoms with Gasteiger partial charge in [-0.25, -0.2) is 9.97 Å². The first kappa shape index (κ1) is 12.9. The molecule has 0 saturated heterocycles. The first-order chi connectivity index (χ1) is 8.19. The van der Waals surface area contributed by atoms with Crippen LogP contribution in [0.1, 0.15) is 53.1 Å². The topological polar surface area (TPSA) is 38.7 Å². The summed E-state index contributed by atoms with van der Waals surface area (Å²) in [5.74, 6) is 0.895. The van der Waals surface area contributed by atoms with Gasteiger partial charge in [-0.05, 0) is 6.07 Å². The molecule has 0 aliphatic carbocycles. The zero-order chi connectivity index (χ0) is 13.6. The Labute approximate surface area is 109 Å². The summed E-state index contributed by atoms with van der Waals surface area (Å²) in [4.78, 5) is 13.7. The Bertz CT molecular complexity index is 574. The fourth-order valence-corrected chi connectivity index (χ4v) is 1.88. The van der Waals surface area contributed by atoms with E-state index >= 15 is 0 Å². The lowest BCUT2D eigenvalue weighted by Crippen LogP contribution is -2.22. The SMILES string of the molecule is CC(C)(C)c1nc(C(C)(C)C)c2cnccc2n1. The highest BCUT2D eigenvalue weighted by Crippen LogP contribution is 2.29. The number of aromatic nitrogens is 3. The maximum atomic E-state index is 4.79. The van der Waals surface area contributed by atoms with Crippen molar-refractivity contribution in [2.45, 2.75) is 52.4 Å². The molecule has 2 aromatic rings. The highest BCUT2D eigenvalue weighted by molar-refractivity contribution is 5.80. The van der Waals surface area contributed by atoms with E-state index in [1.807, 2.05) is 12.3 Å². The molecule has 2 heterocycles. The first-order valence-corrected chi connectivity index (χ1v) is 6.32. The lowest BCUT2D eigenvalue weighted by molar-refractivity contribution is 0.520. The van der Waals surface area contributed by atoms with Crippen molar-refractivity contribution in [3.8, 4) is 0 Å². The quantitative estimate of drug-likeness (QED) is 0.709. The van der Waals surface area contributed by atoms with Gasteiger partial charge in [0.2, 0.25) is 0 Å². The summed E-state index contributed by atoms with van der Waals surface area (Å²) in [6, 6.07) is 1.96. The molecular formula is C15H21N3. The van der Waals surface area contributed by atoms with Crippen LogP contribution in [0, 0.1) is 0 Å². The molecule has 0 aromatic carbocycles. The minimum atomic E-state index is -0.0442. The van der Waals surface area contributed by atoms with Crippen LogP contribution in [-0.4, -0.2) is 15.0 Å². The van der Waals surface area contributed by atoms with E-state index in [0.717, 1.165) is 22.4 Å². The van der Waals surface area contributed by atoms with E-state index in [4.69, 9.17) is 4.98 Å². The van der Waals surface area contributed by atoms with Gasteiger partial charge in [-0.3, -0.25) is 4.98 Å². The second kappa shape index (κ2) is 4.01. The molecule has 0 aliphatic rings. The first-order valence-electron chi connectivity index (χ1n) is 6.32. The van der Waals surface area contributed by atoms with Gasteiger partial charge >= 0.3 is 0 Å². The van der Waals surface area contributed by atoms with Gasteiger partial charge in [0.1, 0.15) is 5.82 Å². The number of pyridine rings is 1. The van der Waals surface area contributed by atoms with Crippen molar-refractivity contribution in [2.75, 3.05) is 0 Å². The molecule has 0 radical (unpaired) electrons. The average molecular weight is 243 g/mol. The molecule has 18 heavy (non-hydrogen) atoms. The average Bonchev–Trinajstić information content (AvgIpc) is 2.25. The van der Waals surface area contributed by atoms with Crippen molar-refractivity contribution in [1.29, 1.82) is 0 Å². The number of nitrogens with zero attached hydrogens (tertiary/aromatic N) is 3. The maximum Gasteiger partial charge on any atom is 0.134 e. The molecule has 0 atom stereocenters. The molecule has 0 unspecified atom stereocenters. The van der Waals surface area contributed by atoms with E-state index in [9.17, 15) is 0 Å². The van der Waals surface area contributed by atoms with Gasteiger partial charge in [-0.1, -0.05) is 41.5 Å². The standard InChI is InChI=1S/C15H21N3/c1-14(2,3)12-10-9-16-8-7-11(10)17-13(18-12)15(4,5)6/h7-9H,1-6H3. The van der Waals surface area contributed by atoms with Crippen LogP contribution in [0.25, 0.3) is 10.9 Å². The van der Waals surface area contributed by atoms with Gasteiger partial charge in [0.15, 0.2) is 0 Å². The molecule has 3 heteroatoms. The molecule has 96 valence electrons. The van der Waals surface area contributed by atoms with Gasteiger partial charge < -0.3 is 0 Å². The zero-order valence-corrected chi connectivity index (χ0v) is 12.1. The van der Waals surface area contributed by atoms with Crippen molar-refractivity contribution >= 4 is 10.9 Å². The van der Waals surface area contributed by atoms with Crippen LogP contribution in [0.5, 0.6) is 0 Å². The lowest BCUT2D eigenvalue weighted by atomic mass is 9.88. The van der Waals surface area contributed by atoms with Gasteiger partial charge in [0, 0.05) is 28.6 Å². The van der Waals surface area contributed by atoms with Crippen molar-refractivity contribution in [3.63, 3.8) is 0 Å². The van der Waals surface area contributed by atoms with Crippen molar-refractivity contribution in [1.82, 2.24) is 15.0 Å². The summed E-state index contributed by atoms with van der Waals surface area (Å²) >= 11 is 0. The van der Waals surface area contributed by atoms with Crippen LogP contribution >= 0.6 is 0 Å². The monoisotopic (exact) mass is 243 g/mol. The molecule has 0 saturated carbocycles. The summed E-state index contributed by atoms with van der Waals surface area (Å²) in [6.45, 7) is 12.9. The van der Waals surface area contributed by atoms with Crippen molar-refractivity contribution < 1.29 is 0 Å². The Morgan fingerprint density at radius 1 is 0.889 bits per heavy atom. The number of hydrogen-bond acceptors (Lipinski definition) is 3. The number of hydrogen-bond donors (Lipinski definition) is 0. The Balaban J connectivity index is 2.81. The molecule has 0 aliphatic heterocycles. The Morgan fingerprint density at radius 3 is 2.11 bits per heavy atom. The van der Waals surface area contributed by atoms with Crippen LogP contribution in [0.2, 0.25) is 0 Å². The normalized spacial score (nSPS) is 13.0. The van der Waals surface area contributed by atoms with E-state index in [0.29, 0.717) is 0 Å². The summed E-state index contributed by atoms with van der Waals surface area (Å²) in [5.41, 5.74) is 2.00.